The van der Waals surface area contributed by atoms with Gasteiger partial charge in [-0.05, 0) is 99.3 Å². The minimum Gasteiger partial charge on any atom is -0.457 e. The monoisotopic (exact) mass is 514 g/mol. The summed E-state index contributed by atoms with van der Waals surface area (Å²) in [7, 11) is 2.13. The van der Waals surface area contributed by atoms with Crippen LogP contribution in [0.5, 0.6) is 11.5 Å². The maximum atomic E-state index is 6.58. The van der Waals surface area contributed by atoms with E-state index in [1.165, 1.54) is 28.1 Å². The minimum atomic E-state index is 0.776. The Morgan fingerprint density at radius 1 is 0.821 bits per heavy atom. The largest absolute Gasteiger partial charge is 0.457 e. The number of fused-ring (bicyclic) bond motifs is 1. The van der Waals surface area contributed by atoms with Crippen LogP contribution in [-0.2, 0) is 0 Å². The van der Waals surface area contributed by atoms with Crippen LogP contribution in [0.4, 0.5) is 0 Å². The molecule has 5 heteroatoms. The second kappa shape index (κ2) is 9.66. The number of aryl methyl sites for hydroxylation is 5. The van der Waals surface area contributed by atoms with E-state index in [2.05, 4.69) is 117 Å². The van der Waals surface area contributed by atoms with Gasteiger partial charge in [0.25, 0.3) is 0 Å². The molecule has 2 aliphatic heterocycles. The van der Waals surface area contributed by atoms with Crippen LogP contribution in [-0.4, -0.2) is 33.2 Å². The normalized spacial score (nSPS) is 14.4. The lowest BCUT2D eigenvalue weighted by Crippen LogP contribution is -2.22. The van der Waals surface area contributed by atoms with Gasteiger partial charge in [-0.15, -0.1) is 0 Å². The molecule has 0 bridgehead atoms. The number of aromatic nitrogens is 2. The van der Waals surface area contributed by atoms with Crippen LogP contribution in [0.15, 0.2) is 90.9 Å². The summed E-state index contributed by atoms with van der Waals surface area (Å²) in [4.78, 5) is 4.54. The van der Waals surface area contributed by atoms with Crippen molar-refractivity contribution >= 4 is 5.70 Å². The zero-order valence-corrected chi connectivity index (χ0v) is 23.5. The third-order valence-corrected chi connectivity index (χ3v) is 7.44. The van der Waals surface area contributed by atoms with Crippen LogP contribution >= 0.6 is 0 Å². The van der Waals surface area contributed by atoms with E-state index in [1.54, 1.807) is 0 Å². The quantitative estimate of drug-likeness (QED) is 0.272. The summed E-state index contributed by atoms with van der Waals surface area (Å²) in [5.41, 5.74) is 11.5. The third-order valence-electron chi connectivity index (χ3n) is 7.44. The standard InChI is InChI=1S/C34H34N4O/c1-22-14-23(2)34(24(3)15-22)28-17-27(32-21-37-13-8-7-12-33(37)36(32)6)18-31(19-28)39-30-11-9-10-29(20-30)38-26(5)16-25(4)35-38/h7-12,14-21H,13H2,1-6H3. The van der Waals surface area contributed by atoms with Gasteiger partial charge in [-0.25, -0.2) is 4.68 Å². The molecule has 0 spiro atoms. The van der Waals surface area contributed by atoms with Gasteiger partial charge in [0.05, 0.1) is 17.1 Å². The second-order valence-corrected chi connectivity index (χ2v) is 10.6. The maximum Gasteiger partial charge on any atom is 0.129 e. The van der Waals surface area contributed by atoms with Gasteiger partial charge in [0, 0.05) is 37.1 Å². The summed E-state index contributed by atoms with van der Waals surface area (Å²) < 4.78 is 8.54. The van der Waals surface area contributed by atoms with Gasteiger partial charge in [0.1, 0.15) is 17.3 Å². The highest BCUT2D eigenvalue weighted by atomic mass is 16.5. The van der Waals surface area contributed by atoms with Crippen LogP contribution in [0, 0.1) is 34.6 Å². The van der Waals surface area contributed by atoms with Gasteiger partial charge >= 0.3 is 0 Å². The zero-order valence-electron chi connectivity index (χ0n) is 23.5. The van der Waals surface area contributed by atoms with E-state index in [-0.39, 0.29) is 0 Å². The Morgan fingerprint density at radius 3 is 2.31 bits per heavy atom. The lowest BCUT2D eigenvalue weighted by molar-refractivity contribution is 0.422. The molecule has 0 unspecified atom stereocenters. The van der Waals surface area contributed by atoms with Gasteiger partial charge in [-0.3, -0.25) is 0 Å². The van der Waals surface area contributed by atoms with Crippen molar-refractivity contribution in [1.29, 1.82) is 0 Å². The Labute approximate surface area is 231 Å². The molecule has 4 aromatic rings. The first-order valence-corrected chi connectivity index (χ1v) is 13.4. The van der Waals surface area contributed by atoms with Crippen LogP contribution in [0.1, 0.15) is 33.6 Å². The smallest absolute Gasteiger partial charge is 0.129 e. The van der Waals surface area contributed by atoms with Crippen LogP contribution < -0.4 is 4.74 Å². The molecule has 3 aromatic carbocycles. The first kappa shape index (κ1) is 24.8. The highest BCUT2D eigenvalue weighted by Gasteiger charge is 2.26. The first-order valence-electron chi connectivity index (χ1n) is 13.4. The molecule has 5 nitrogen and oxygen atoms in total. The molecule has 0 saturated carbocycles. The van der Waals surface area contributed by atoms with Gasteiger partial charge in [0.15, 0.2) is 0 Å². The fraction of sp³-hybridized carbons (Fsp3) is 0.206. The molecular formula is C34H34N4O. The summed E-state index contributed by atoms with van der Waals surface area (Å²) in [5, 5.41) is 4.65. The molecule has 1 aromatic heterocycles. The predicted molar refractivity (Wildman–Crippen MR) is 159 cm³/mol. The number of hydrogen-bond donors (Lipinski definition) is 0. The molecule has 0 fully saturated rings. The summed E-state index contributed by atoms with van der Waals surface area (Å²) in [6, 6.07) is 21.3. The van der Waals surface area contributed by atoms with Crippen molar-refractivity contribution < 1.29 is 4.74 Å². The van der Waals surface area contributed by atoms with E-state index in [0.29, 0.717) is 0 Å². The fourth-order valence-corrected chi connectivity index (χ4v) is 5.86. The van der Waals surface area contributed by atoms with Crippen molar-refractivity contribution in [3.63, 3.8) is 0 Å². The second-order valence-electron chi connectivity index (χ2n) is 10.6. The lowest BCUT2D eigenvalue weighted by atomic mass is 9.92. The van der Waals surface area contributed by atoms with E-state index in [1.807, 2.05) is 29.8 Å². The zero-order chi connectivity index (χ0) is 27.3. The summed E-state index contributed by atoms with van der Waals surface area (Å²) in [5.74, 6) is 2.76. The molecule has 0 atom stereocenters. The van der Waals surface area contributed by atoms with Crippen molar-refractivity contribution in [1.82, 2.24) is 19.6 Å². The van der Waals surface area contributed by atoms with Crippen LogP contribution in [0.25, 0.3) is 22.5 Å². The van der Waals surface area contributed by atoms with Crippen LogP contribution in [0.2, 0.25) is 0 Å². The number of allylic oxidation sites excluding steroid dienone is 2. The Balaban J connectivity index is 1.45. The average Bonchev–Trinajstić information content (AvgIpc) is 3.41. The van der Waals surface area contributed by atoms with E-state index in [9.17, 15) is 0 Å². The molecule has 2 aliphatic rings. The van der Waals surface area contributed by atoms with Crippen molar-refractivity contribution in [2.45, 2.75) is 34.6 Å². The molecular weight excluding hydrogens is 480 g/mol. The molecule has 39 heavy (non-hydrogen) atoms. The third kappa shape index (κ3) is 4.65. The number of rotatable bonds is 5. The Hall–Kier alpha value is -4.51. The highest BCUT2D eigenvalue weighted by molar-refractivity contribution is 5.79. The van der Waals surface area contributed by atoms with E-state index in [0.717, 1.165) is 51.9 Å². The number of nitrogens with zero attached hydrogens (tertiary/aromatic N) is 4. The Kier molecular flexibility index (Phi) is 6.15. The van der Waals surface area contributed by atoms with Crippen molar-refractivity contribution in [2.24, 2.45) is 0 Å². The van der Waals surface area contributed by atoms with Gasteiger partial charge in [-0.2, -0.15) is 5.10 Å². The Bertz CT molecular complexity index is 1660. The van der Waals surface area contributed by atoms with E-state index < -0.39 is 0 Å². The molecule has 0 amide bonds. The van der Waals surface area contributed by atoms with Gasteiger partial charge in [-0.1, -0.05) is 35.9 Å². The number of ether oxygens (including phenoxy) is 1. The van der Waals surface area contributed by atoms with Crippen molar-refractivity contribution in [3.8, 4) is 28.3 Å². The van der Waals surface area contributed by atoms with Crippen molar-refractivity contribution in [2.75, 3.05) is 13.6 Å². The topological polar surface area (TPSA) is 33.5 Å². The van der Waals surface area contributed by atoms with Gasteiger partial charge in [0.2, 0.25) is 0 Å². The van der Waals surface area contributed by atoms with Crippen molar-refractivity contribution in [3.05, 3.63) is 125 Å². The fourth-order valence-electron chi connectivity index (χ4n) is 5.86. The highest BCUT2D eigenvalue weighted by Crippen LogP contribution is 2.39. The summed E-state index contributed by atoms with van der Waals surface area (Å²) in [6.07, 6.45) is 8.69. The molecule has 0 saturated heterocycles. The average molecular weight is 515 g/mol. The molecule has 3 heterocycles. The molecule has 196 valence electrons. The molecule has 0 radical (unpaired) electrons. The van der Waals surface area contributed by atoms with E-state index >= 15 is 0 Å². The maximum absolute atomic E-state index is 6.58. The number of hydrogen-bond acceptors (Lipinski definition) is 4. The predicted octanol–water partition coefficient (Wildman–Crippen LogP) is 7.83. The molecule has 6 rings (SSSR count). The molecule has 0 aliphatic carbocycles. The number of benzene rings is 3. The molecule has 0 N–H and O–H groups in total. The van der Waals surface area contributed by atoms with Gasteiger partial charge < -0.3 is 14.5 Å². The first-order chi connectivity index (χ1) is 18.8. The Morgan fingerprint density at radius 2 is 1.59 bits per heavy atom. The summed E-state index contributed by atoms with van der Waals surface area (Å²) >= 11 is 0. The minimum absolute atomic E-state index is 0.776. The van der Waals surface area contributed by atoms with Crippen LogP contribution in [0.3, 0.4) is 0 Å². The lowest BCUT2D eigenvalue weighted by Gasteiger charge is -2.24. The van der Waals surface area contributed by atoms with E-state index in [4.69, 9.17) is 4.74 Å². The SMILES string of the molecule is Cc1cc(C)c(-c2cc(Oc3cccc(-n4nc(C)cc4C)c3)cc(C3=CN4CC=CC=C4N3C)c2)c(C)c1. The summed E-state index contributed by atoms with van der Waals surface area (Å²) in [6.45, 7) is 11.5.